The van der Waals surface area contributed by atoms with Crippen LogP contribution in [0.5, 0.6) is 0 Å². The van der Waals surface area contributed by atoms with E-state index in [0.717, 1.165) is 12.8 Å². The Bertz CT molecular complexity index is 1110. The number of carbonyl (C=O) groups is 14. The second-order valence-electron chi connectivity index (χ2n) is 10.9. The Morgan fingerprint density at radius 2 is 0.333 bits per heavy atom. The molecule has 28 nitrogen and oxygen atoms in total. The zero-order valence-electron chi connectivity index (χ0n) is 31.4. The van der Waals surface area contributed by atoms with Crippen LogP contribution in [0.2, 0.25) is 0 Å². The molecule has 1 aliphatic rings. The van der Waals surface area contributed by atoms with Crippen LogP contribution in [0, 0.1) is 11.8 Å². The molecule has 1 aliphatic carbocycles. The van der Waals surface area contributed by atoms with Crippen molar-refractivity contribution in [1.29, 1.82) is 0 Å². The molecular formula is C32H48O28. The van der Waals surface area contributed by atoms with E-state index in [1.54, 1.807) is 0 Å². The molecule has 0 aliphatic heterocycles. The van der Waals surface area contributed by atoms with Crippen LogP contribution in [0.3, 0.4) is 0 Å². The third kappa shape index (κ3) is 71.9. The van der Waals surface area contributed by atoms with Gasteiger partial charge >= 0.3 is 83.6 Å². The summed E-state index contributed by atoms with van der Waals surface area (Å²) in [7, 11) is 0. The molecule has 0 spiro atoms. The fraction of sp³-hybridized carbons (Fsp3) is 0.562. The zero-order valence-corrected chi connectivity index (χ0v) is 31.4. The molecule has 0 radical (unpaired) electrons. The first kappa shape index (κ1) is 64.5. The van der Waals surface area contributed by atoms with Gasteiger partial charge in [-0.1, -0.05) is 12.8 Å². The Labute approximate surface area is 336 Å². The van der Waals surface area contributed by atoms with Crippen molar-refractivity contribution in [3.8, 4) is 0 Å². The Hall–Kier alpha value is -7.42. The van der Waals surface area contributed by atoms with E-state index in [0.29, 0.717) is 12.8 Å². The topological polar surface area (TPSA) is 522 Å². The highest BCUT2D eigenvalue weighted by atomic mass is 16.4. The van der Waals surface area contributed by atoms with Crippen molar-refractivity contribution in [1.82, 2.24) is 0 Å². The molecule has 0 saturated heterocycles. The summed E-state index contributed by atoms with van der Waals surface area (Å²) >= 11 is 0. The lowest BCUT2D eigenvalue weighted by molar-refractivity contribution is -0.155. The first-order chi connectivity index (χ1) is 27.4. The van der Waals surface area contributed by atoms with Crippen molar-refractivity contribution < 1.29 is 139 Å². The largest absolute Gasteiger partial charge is 0.481 e. The molecule has 344 valence electrons. The molecule has 0 aromatic heterocycles. The van der Waals surface area contributed by atoms with Crippen molar-refractivity contribution in [2.24, 2.45) is 11.8 Å². The zero-order chi connectivity index (χ0) is 48.6. The summed E-state index contributed by atoms with van der Waals surface area (Å²) in [6, 6.07) is 0. The quantitative estimate of drug-likeness (QED) is 0.0795. The Morgan fingerprint density at radius 1 is 0.233 bits per heavy atom. The van der Waals surface area contributed by atoms with Gasteiger partial charge in [0.1, 0.15) is 0 Å². The summed E-state index contributed by atoms with van der Waals surface area (Å²) < 4.78 is 0. The molecule has 0 heterocycles. The highest BCUT2D eigenvalue weighted by molar-refractivity contribution is 5.80. The van der Waals surface area contributed by atoms with Gasteiger partial charge in [0.05, 0.1) is 88.9 Å². The van der Waals surface area contributed by atoms with Crippen molar-refractivity contribution in [3.05, 3.63) is 0 Å². The van der Waals surface area contributed by atoms with Gasteiger partial charge in [0.15, 0.2) is 0 Å². The molecule has 2 atom stereocenters. The Balaban J connectivity index is -0.000000143. The molecule has 1 saturated carbocycles. The normalized spacial score (nSPS) is 12.7. The predicted molar refractivity (Wildman–Crippen MR) is 188 cm³/mol. The van der Waals surface area contributed by atoms with Gasteiger partial charge in [0, 0.05) is 0 Å². The number of rotatable bonds is 20. The van der Waals surface area contributed by atoms with Gasteiger partial charge in [0.2, 0.25) is 0 Å². The average Bonchev–Trinajstić information content (AvgIpc) is 3.11. The van der Waals surface area contributed by atoms with Crippen LogP contribution in [0.4, 0.5) is 0 Å². The van der Waals surface area contributed by atoms with Crippen LogP contribution in [0.1, 0.15) is 103 Å². The lowest BCUT2D eigenvalue weighted by Gasteiger charge is -2.24. The summed E-state index contributed by atoms with van der Waals surface area (Å²) in [5.41, 5.74) is 0. The van der Waals surface area contributed by atoms with E-state index in [1.807, 2.05) is 0 Å². The molecule has 0 amide bonds. The molecule has 0 bridgehead atoms. The molecule has 0 aromatic rings. The lowest BCUT2D eigenvalue weighted by atomic mass is 9.79. The van der Waals surface area contributed by atoms with E-state index in [4.69, 9.17) is 71.5 Å². The first-order valence-corrected chi connectivity index (χ1v) is 16.5. The standard InChI is InChI=1S/C8H12O4.6C4H6O4/c9-7(10)5-3-1-2-4-6(5)8(11)12;6*5-3(6)1-2-4(7)8/h5-6H,1-4H2,(H,9,10)(H,11,12);6*1-2H2,(H,5,6)(H,7,8). The highest BCUT2D eigenvalue weighted by Crippen LogP contribution is 2.30. The third-order valence-corrected chi connectivity index (χ3v) is 5.72. The van der Waals surface area contributed by atoms with E-state index in [9.17, 15) is 67.1 Å². The molecule has 60 heavy (non-hydrogen) atoms. The van der Waals surface area contributed by atoms with Crippen molar-refractivity contribution in [2.75, 3.05) is 0 Å². The summed E-state index contributed by atoms with van der Waals surface area (Å²) in [5.74, 6) is -16.2. The number of carboxylic acids is 14. The minimum Gasteiger partial charge on any atom is -0.481 e. The second-order valence-corrected chi connectivity index (χ2v) is 10.9. The number of hydrogen-bond acceptors (Lipinski definition) is 14. The molecule has 1 fully saturated rings. The molecule has 2 unspecified atom stereocenters. The molecule has 0 aromatic carbocycles. The van der Waals surface area contributed by atoms with E-state index < -0.39 is 95.4 Å². The van der Waals surface area contributed by atoms with Gasteiger partial charge in [-0.25, -0.2) is 0 Å². The first-order valence-electron chi connectivity index (χ1n) is 16.5. The van der Waals surface area contributed by atoms with Gasteiger partial charge in [-0.15, -0.1) is 0 Å². The number of carboxylic acid groups (broad SMARTS) is 14. The molecular weight excluding hydrogens is 832 g/mol. The number of aliphatic carboxylic acids is 14. The maximum Gasteiger partial charge on any atom is 0.307 e. The summed E-state index contributed by atoms with van der Waals surface area (Å²) in [6.45, 7) is 0. The van der Waals surface area contributed by atoms with Crippen molar-refractivity contribution in [2.45, 2.75) is 103 Å². The predicted octanol–water partition coefficient (Wildman–Crippen LogP) is 0.577. The smallest absolute Gasteiger partial charge is 0.307 e. The second kappa shape index (κ2) is 41.2. The van der Waals surface area contributed by atoms with Crippen molar-refractivity contribution in [3.63, 3.8) is 0 Å². The van der Waals surface area contributed by atoms with Crippen LogP contribution >= 0.6 is 0 Å². The van der Waals surface area contributed by atoms with Crippen LogP contribution in [-0.2, 0) is 67.1 Å². The van der Waals surface area contributed by atoms with Crippen LogP contribution in [-0.4, -0.2) is 155 Å². The number of hydrogen-bond donors (Lipinski definition) is 14. The molecule has 28 heteroatoms. The van der Waals surface area contributed by atoms with E-state index >= 15 is 0 Å². The minimum atomic E-state index is -1.08. The Kier molecular flexibility index (Phi) is 44.3. The van der Waals surface area contributed by atoms with Gasteiger partial charge in [-0.05, 0) is 12.8 Å². The maximum absolute atomic E-state index is 10.6. The summed E-state index contributed by atoms with van der Waals surface area (Å²) in [4.78, 5) is 137. The van der Waals surface area contributed by atoms with Crippen LogP contribution < -0.4 is 0 Å². The van der Waals surface area contributed by atoms with Crippen LogP contribution in [0.25, 0.3) is 0 Å². The van der Waals surface area contributed by atoms with E-state index in [1.165, 1.54) is 0 Å². The Morgan fingerprint density at radius 3 is 0.400 bits per heavy atom. The van der Waals surface area contributed by atoms with Crippen LogP contribution in [0.15, 0.2) is 0 Å². The van der Waals surface area contributed by atoms with Crippen molar-refractivity contribution >= 4 is 83.6 Å². The van der Waals surface area contributed by atoms with Gasteiger partial charge in [-0.3, -0.25) is 67.1 Å². The lowest BCUT2D eigenvalue weighted by Crippen LogP contribution is -2.32. The fourth-order valence-corrected chi connectivity index (χ4v) is 3.01. The fourth-order valence-electron chi connectivity index (χ4n) is 3.01. The van der Waals surface area contributed by atoms with Gasteiger partial charge < -0.3 is 71.5 Å². The highest BCUT2D eigenvalue weighted by Gasteiger charge is 2.35. The molecule has 14 N–H and O–H groups in total. The SMILES string of the molecule is O=C(O)C1CCCCC1C(=O)O.O=C(O)CCC(=O)O.O=C(O)CCC(=O)O.O=C(O)CCC(=O)O.O=C(O)CCC(=O)O.O=C(O)CCC(=O)O.O=C(O)CCC(=O)O. The van der Waals surface area contributed by atoms with E-state index in [-0.39, 0.29) is 77.0 Å². The minimum absolute atomic E-state index is 0.296. The third-order valence-electron chi connectivity index (χ3n) is 5.72. The van der Waals surface area contributed by atoms with Gasteiger partial charge in [0.25, 0.3) is 0 Å². The maximum atomic E-state index is 10.6. The van der Waals surface area contributed by atoms with Gasteiger partial charge in [-0.2, -0.15) is 0 Å². The molecule has 1 rings (SSSR count). The monoisotopic (exact) mass is 880 g/mol. The summed E-state index contributed by atoms with van der Waals surface area (Å²) in [6.07, 6.45) is -0.875. The average molecular weight is 881 g/mol. The van der Waals surface area contributed by atoms with E-state index in [2.05, 4.69) is 0 Å². The summed E-state index contributed by atoms with van der Waals surface area (Å²) in [5, 5.41) is 112.